The molecule has 3 aromatic rings. The minimum Gasteiger partial charge on any atom is -0.441 e. The van der Waals surface area contributed by atoms with E-state index in [0.29, 0.717) is 18.3 Å². The lowest BCUT2D eigenvalue weighted by molar-refractivity contribution is 0.0148. The number of amides is 1. The summed E-state index contributed by atoms with van der Waals surface area (Å²) in [7, 11) is 0. The van der Waals surface area contributed by atoms with Gasteiger partial charge in [-0.25, -0.2) is 9.78 Å². The van der Waals surface area contributed by atoms with Gasteiger partial charge in [0.2, 0.25) is 0 Å². The highest BCUT2D eigenvalue weighted by molar-refractivity contribution is 5.89. The molecule has 0 bridgehead atoms. The van der Waals surface area contributed by atoms with Crippen molar-refractivity contribution in [3.63, 3.8) is 0 Å². The molecule has 166 valence electrons. The van der Waals surface area contributed by atoms with Gasteiger partial charge in [0.25, 0.3) is 0 Å². The molecule has 1 aliphatic carbocycles. The largest absolute Gasteiger partial charge is 0.441 e. The molecule has 10 heteroatoms. The Bertz CT molecular complexity index is 1030. The summed E-state index contributed by atoms with van der Waals surface area (Å²) < 4.78 is 5.80. The Kier molecular flexibility index (Phi) is 6.45. The van der Waals surface area contributed by atoms with Crippen molar-refractivity contribution in [2.24, 2.45) is 5.92 Å². The lowest BCUT2D eigenvalue weighted by Crippen LogP contribution is -2.39. The number of nitrogens with one attached hydrogen (secondary N) is 1. The molecule has 2 fully saturated rings. The molecule has 9 nitrogen and oxygen atoms in total. The summed E-state index contributed by atoms with van der Waals surface area (Å²) in [6.45, 7) is 1.38. The average molecular weight is 454 g/mol. The van der Waals surface area contributed by atoms with Crippen molar-refractivity contribution < 1.29 is 9.53 Å². The van der Waals surface area contributed by atoms with Crippen molar-refractivity contribution in [3.8, 4) is 11.3 Å². The van der Waals surface area contributed by atoms with E-state index in [1.165, 1.54) is 0 Å². The topological polar surface area (TPSA) is 106 Å². The van der Waals surface area contributed by atoms with Gasteiger partial charge in [-0.2, -0.15) is 15.3 Å². The van der Waals surface area contributed by atoms with Crippen LogP contribution in [0.5, 0.6) is 0 Å². The molecule has 5 rings (SSSR count). The van der Waals surface area contributed by atoms with Gasteiger partial charge in [0.15, 0.2) is 5.82 Å². The predicted molar refractivity (Wildman–Crippen MR) is 122 cm³/mol. The van der Waals surface area contributed by atoms with Gasteiger partial charge in [-0.1, -0.05) is 0 Å². The van der Waals surface area contributed by atoms with Crippen LogP contribution < -0.4 is 10.2 Å². The van der Waals surface area contributed by atoms with Crippen LogP contribution in [-0.2, 0) is 4.74 Å². The quantitative estimate of drug-likeness (QED) is 0.622. The number of rotatable bonds is 5. The minimum absolute atomic E-state index is 0. The van der Waals surface area contributed by atoms with Crippen LogP contribution in [0, 0.1) is 5.92 Å². The Morgan fingerprint density at radius 3 is 2.50 bits per heavy atom. The van der Waals surface area contributed by atoms with Gasteiger partial charge in [0, 0.05) is 30.7 Å². The normalized spacial score (nSPS) is 22.3. The predicted octanol–water partition coefficient (Wildman–Crippen LogP) is 3.75. The van der Waals surface area contributed by atoms with Gasteiger partial charge in [-0.15, -0.1) is 17.5 Å². The molecule has 3 aromatic heterocycles. The molecule has 1 aliphatic heterocycles. The first-order chi connectivity index (χ1) is 15.2. The van der Waals surface area contributed by atoms with Crippen LogP contribution in [0.4, 0.5) is 16.4 Å². The molecule has 0 radical (unpaired) electrons. The summed E-state index contributed by atoms with van der Waals surface area (Å²) in [6, 6.07) is 11.3. The zero-order valence-corrected chi connectivity index (χ0v) is 18.2. The molecule has 1 spiro atoms. The maximum atomic E-state index is 12.4. The maximum absolute atomic E-state index is 12.4. The Hall–Kier alpha value is -3.33. The lowest BCUT2D eigenvalue weighted by atomic mass is 9.78. The van der Waals surface area contributed by atoms with E-state index in [1.54, 1.807) is 35.6 Å². The lowest BCUT2D eigenvalue weighted by Gasteiger charge is -2.35. The number of hydrogen-bond acceptors (Lipinski definition) is 8. The Balaban J connectivity index is 0.00000245. The van der Waals surface area contributed by atoms with Crippen molar-refractivity contribution in [3.05, 3.63) is 55.0 Å². The van der Waals surface area contributed by atoms with E-state index in [-0.39, 0.29) is 18.5 Å². The van der Waals surface area contributed by atoms with Crippen LogP contribution in [0.25, 0.3) is 11.3 Å². The smallest absolute Gasteiger partial charge is 0.416 e. The second-order valence-electron chi connectivity index (χ2n) is 8.08. The SMILES string of the molecule is Cl.O=C1OC2(CCC(CNc3ccc(-c4cccnn4)cn3)CC2)CN1c1cccnn1. The minimum atomic E-state index is -0.415. The van der Waals surface area contributed by atoms with E-state index >= 15 is 0 Å². The molecular weight excluding hydrogens is 430 g/mol. The van der Waals surface area contributed by atoms with Gasteiger partial charge in [0.1, 0.15) is 11.4 Å². The monoisotopic (exact) mass is 453 g/mol. The average Bonchev–Trinajstić information content (AvgIpc) is 3.16. The van der Waals surface area contributed by atoms with Gasteiger partial charge >= 0.3 is 6.09 Å². The zero-order chi connectivity index (χ0) is 21.1. The molecule has 2 aliphatic rings. The highest BCUT2D eigenvalue weighted by atomic mass is 35.5. The molecule has 1 saturated carbocycles. The highest BCUT2D eigenvalue weighted by Gasteiger charge is 2.48. The van der Waals surface area contributed by atoms with Crippen LogP contribution in [0.1, 0.15) is 25.7 Å². The van der Waals surface area contributed by atoms with Crippen LogP contribution >= 0.6 is 12.4 Å². The Morgan fingerprint density at radius 1 is 1.06 bits per heavy atom. The van der Waals surface area contributed by atoms with Crippen LogP contribution in [0.3, 0.4) is 0 Å². The molecule has 1 N–H and O–H groups in total. The first-order valence-electron chi connectivity index (χ1n) is 10.5. The van der Waals surface area contributed by atoms with E-state index in [9.17, 15) is 4.79 Å². The number of carbonyl (C=O) groups is 1. The van der Waals surface area contributed by atoms with Crippen LogP contribution in [0.15, 0.2) is 55.0 Å². The zero-order valence-electron chi connectivity index (χ0n) is 17.4. The third-order valence-electron chi connectivity index (χ3n) is 6.03. The molecule has 1 saturated heterocycles. The van der Waals surface area contributed by atoms with Gasteiger partial charge < -0.3 is 10.1 Å². The fourth-order valence-corrected chi connectivity index (χ4v) is 4.26. The van der Waals surface area contributed by atoms with Crippen LogP contribution in [0.2, 0.25) is 0 Å². The molecule has 1 amide bonds. The van der Waals surface area contributed by atoms with Gasteiger partial charge in [-0.3, -0.25) is 4.90 Å². The molecule has 0 atom stereocenters. The summed E-state index contributed by atoms with van der Waals surface area (Å²) >= 11 is 0. The number of ether oxygens (including phenoxy) is 1. The second-order valence-corrected chi connectivity index (χ2v) is 8.08. The number of aromatic nitrogens is 5. The van der Waals surface area contributed by atoms with Crippen molar-refractivity contribution >= 4 is 30.1 Å². The summed E-state index contributed by atoms with van der Waals surface area (Å²) in [4.78, 5) is 18.5. The van der Waals surface area contributed by atoms with Crippen molar-refractivity contribution in [1.29, 1.82) is 0 Å². The number of anilines is 2. The van der Waals surface area contributed by atoms with Gasteiger partial charge in [0.05, 0.1) is 12.2 Å². The van der Waals surface area contributed by atoms with E-state index < -0.39 is 5.60 Å². The maximum Gasteiger partial charge on any atom is 0.416 e. The van der Waals surface area contributed by atoms with Gasteiger partial charge in [-0.05, 0) is 68.0 Å². The highest BCUT2D eigenvalue weighted by Crippen LogP contribution is 2.40. The molecular formula is C22H24ClN7O2. The van der Waals surface area contributed by atoms with E-state index in [2.05, 4.69) is 30.7 Å². The third kappa shape index (κ3) is 4.62. The summed E-state index contributed by atoms with van der Waals surface area (Å²) in [5, 5.41) is 19.3. The standard InChI is InChI=1S/C22H23N7O2.ClH/c30-21-29(20-4-2-12-26-28-20)15-22(31-21)9-7-16(8-10-22)13-23-19-6-5-17(14-24-19)18-3-1-11-25-27-18;/h1-6,11-12,14,16H,7-10,13,15H2,(H,23,24);1H. The van der Waals surface area contributed by atoms with E-state index in [4.69, 9.17) is 4.74 Å². The molecule has 32 heavy (non-hydrogen) atoms. The number of hydrogen-bond donors (Lipinski definition) is 1. The van der Waals surface area contributed by atoms with Crippen molar-refractivity contribution in [1.82, 2.24) is 25.4 Å². The number of halogens is 1. The van der Waals surface area contributed by atoms with Crippen molar-refractivity contribution in [2.45, 2.75) is 31.3 Å². The number of nitrogens with zero attached hydrogens (tertiary/aromatic N) is 6. The van der Waals surface area contributed by atoms with Crippen molar-refractivity contribution in [2.75, 3.05) is 23.3 Å². The Morgan fingerprint density at radius 2 is 1.84 bits per heavy atom. The first-order valence-corrected chi connectivity index (χ1v) is 10.5. The fourth-order valence-electron chi connectivity index (χ4n) is 4.26. The second kappa shape index (κ2) is 9.44. The molecule has 4 heterocycles. The van der Waals surface area contributed by atoms with E-state index in [1.807, 2.05) is 24.3 Å². The molecule has 0 aromatic carbocycles. The first kappa shape index (κ1) is 21.9. The summed E-state index contributed by atoms with van der Waals surface area (Å²) in [6.07, 6.45) is 8.41. The molecule has 0 unspecified atom stereocenters. The third-order valence-corrected chi connectivity index (χ3v) is 6.03. The summed E-state index contributed by atoms with van der Waals surface area (Å²) in [5.74, 6) is 1.90. The number of pyridine rings is 1. The van der Waals surface area contributed by atoms with Crippen LogP contribution in [-0.4, -0.2) is 50.2 Å². The summed E-state index contributed by atoms with van der Waals surface area (Å²) in [5.41, 5.74) is 1.33. The fraction of sp³-hybridized carbons (Fsp3) is 0.364. The Labute approximate surface area is 192 Å². The van der Waals surface area contributed by atoms with E-state index in [0.717, 1.165) is 49.3 Å². The number of carbonyl (C=O) groups excluding carboxylic acids is 1.